The van der Waals surface area contributed by atoms with Crippen molar-refractivity contribution in [1.29, 1.82) is 0 Å². The number of ether oxygens (including phenoxy) is 1. The predicted octanol–water partition coefficient (Wildman–Crippen LogP) is 0.886. The molecular weight excluding hydrogens is 232 g/mol. The summed E-state index contributed by atoms with van der Waals surface area (Å²) in [6, 6.07) is 9.01. The third kappa shape index (κ3) is 3.08. The molecule has 18 heavy (non-hydrogen) atoms. The second kappa shape index (κ2) is 5.83. The predicted molar refractivity (Wildman–Crippen MR) is 67.0 cm³/mol. The minimum atomic E-state index is -0.258. The Bertz CT molecular complexity index is 511. The standard InChI is InChI=1S/C12H14N4O2/c13-7-9-3-1-2-4-10(9)18-8-12(17)15-11-5-6-14-16-11/h1-6H,7-8,13H2,(H2,14,15,16,17). The fourth-order valence-corrected chi connectivity index (χ4v) is 1.47. The molecule has 0 saturated heterocycles. The Morgan fingerprint density at radius 2 is 2.22 bits per heavy atom. The zero-order valence-corrected chi connectivity index (χ0v) is 9.72. The number of rotatable bonds is 5. The monoisotopic (exact) mass is 246 g/mol. The number of carbonyl (C=O) groups excluding carboxylic acids is 1. The molecule has 6 heteroatoms. The van der Waals surface area contributed by atoms with E-state index in [1.165, 1.54) is 0 Å². The maximum Gasteiger partial charge on any atom is 0.263 e. The van der Waals surface area contributed by atoms with Crippen molar-refractivity contribution in [2.75, 3.05) is 11.9 Å². The van der Waals surface area contributed by atoms with Crippen LogP contribution in [0.4, 0.5) is 5.82 Å². The van der Waals surface area contributed by atoms with Crippen molar-refractivity contribution in [2.24, 2.45) is 5.73 Å². The molecule has 1 aromatic heterocycles. The van der Waals surface area contributed by atoms with Gasteiger partial charge in [0.1, 0.15) is 11.6 Å². The highest BCUT2D eigenvalue weighted by molar-refractivity contribution is 5.90. The number of nitrogens with zero attached hydrogens (tertiary/aromatic N) is 1. The molecule has 6 nitrogen and oxygen atoms in total. The fraction of sp³-hybridized carbons (Fsp3) is 0.167. The lowest BCUT2D eigenvalue weighted by Crippen LogP contribution is -2.20. The van der Waals surface area contributed by atoms with Gasteiger partial charge in [0.15, 0.2) is 6.61 Å². The summed E-state index contributed by atoms with van der Waals surface area (Å²) >= 11 is 0. The topological polar surface area (TPSA) is 93.0 Å². The normalized spacial score (nSPS) is 10.1. The smallest absolute Gasteiger partial charge is 0.263 e. The van der Waals surface area contributed by atoms with Crippen LogP contribution in [0.1, 0.15) is 5.56 Å². The van der Waals surface area contributed by atoms with E-state index in [4.69, 9.17) is 10.5 Å². The Hall–Kier alpha value is -2.34. The number of aromatic nitrogens is 2. The largest absolute Gasteiger partial charge is 0.483 e. The molecule has 0 fully saturated rings. The van der Waals surface area contributed by atoms with Crippen LogP contribution in [-0.4, -0.2) is 22.7 Å². The SMILES string of the molecule is NCc1ccccc1OCC(=O)Nc1ccn[nH]1. The molecule has 0 saturated carbocycles. The molecule has 0 aliphatic rings. The lowest BCUT2D eigenvalue weighted by molar-refractivity contribution is -0.118. The van der Waals surface area contributed by atoms with E-state index in [2.05, 4.69) is 15.5 Å². The van der Waals surface area contributed by atoms with Crippen LogP contribution in [0, 0.1) is 0 Å². The molecular formula is C12H14N4O2. The average molecular weight is 246 g/mol. The van der Waals surface area contributed by atoms with E-state index in [1.54, 1.807) is 18.3 Å². The summed E-state index contributed by atoms with van der Waals surface area (Å²) in [6.07, 6.45) is 1.56. The third-order valence-corrected chi connectivity index (χ3v) is 2.33. The van der Waals surface area contributed by atoms with Crippen molar-refractivity contribution >= 4 is 11.7 Å². The number of aromatic amines is 1. The zero-order chi connectivity index (χ0) is 12.8. The van der Waals surface area contributed by atoms with Crippen LogP contribution in [0.15, 0.2) is 36.5 Å². The van der Waals surface area contributed by atoms with Gasteiger partial charge in [-0.3, -0.25) is 9.89 Å². The van der Waals surface area contributed by atoms with Crippen LogP contribution in [0.3, 0.4) is 0 Å². The summed E-state index contributed by atoms with van der Waals surface area (Å²) in [5.74, 6) is 0.904. The first-order valence-electron chi connectivity index (χ1n) is 5.49. The molecule has 2 aromatic rings. The summed E-state index contributed by atoms with van der Waals surface area (Å²) in [7, 11) is 0. The van der Waals surface area contributed by atoms with Gasteiger partial charge in [0.2, 0.25) is 0 Å². The summed E-state index contributed by atoms with van der Waals surface area (Å²) in [5.41, 5.74) is 6.44. The van der Waals surface area contributed by atoms with Crippen LogP contribution in [-0.2, 0) is 11.3 Å². The van der Waals surface area contributed by atoms with Gasteiger partial charge in [-0.25, -0.2) is 0 Å². The molecule has 94 valence electrons. The summed E-state index contributed by atoms with van der Waals surface area (Å²) in [4.78, 5) is 11.6. The average Bonchev–Trinajstić information content (AvgIpc) is 2.89. The number of nitrogens with one attached hydrogen (secondary N) is 2. The van der Waals surface area contributed by atoms with Crippen molar-refractivity contribution in [1.82, 2.24) is 10.2 Å². The number of anilines is 1. The van der Waals surface area contributed by atoms with E-state index in [0.29, 0.717) is 18.1 Å². The number of hydrogen-bond acceptors (Lipinski definition) is 4. The third-order valence-electron chi connectivity index (χ3n) is 2.33. The van der Waals surface area contributed by atoms with Crippen molar-refractivity contribution in [3.05, 3.63) is 42.1 Å². The second-order valence-electron chi connectivity index (χ2n) is 3.62. The minimum Gasteiger partial charge on any atom is -0.483 e. The number of para-hydroxylation sites is 1. The molecule has 4 N–H and O–H groups in total. The van der Waals surface area contributed by atoms with Gasteiger partial charge in [-0.15, -0.1) is 0 Å². The number of benzene rings is 1. The number of nitrogens with two attached hydrogens (primary N) is 1. The quantitative estimate of drug-likeness (QED) is 0.730. The lowest BCUT2D eigenvalue weighted by atomic mass is 10.2. The maximum absolute atomic E-state index is 11.6. The number of carbonyl (C=O) groups is 1. The Balaban J connectivity index is 1.89. The summed E-state index contributed by atoms with van der Waals surface area (Å²) < 4.78 is 5.41. The van der Waals surface area contributed by atoms with E-state index in [-0.39, 0.29) is 12.5 Å². The highest BCUT2D eigenvalue weighted by Crippen LogP contribution is 2.16. The zero-order valence-electron chi connectivity index (χ0n) is 9.72. The molecule has 1 aromatic carbocycles. The molecule has 0 spiro atoms. The molecule has 1 amide bonds. The van der Waals surface area contributed by atoms with E-state index in [9.17, 15) is 4.79 Å². The van der Waals surface area contributed by atoms with E-state index >= 15 is 0 Å². The molecule has 1 heterocycles. The van der Waals surface area contributed by atoms with Gasteiger partial charge in [0, 0.05) is 18.2 Å². The van der Waals surface area contributed by atoms with E-state index in [1.807, 2.05) is 18.2 Å². The molecule has 0 unspecified atom stereocenters. The van der Waals surface area contributed by atoms with Gasteiger partial charge in [0.25, 0.3) is 5.91 Å². The first-order chi connectivity index (χ1) is 8.79. The minimum absolute atomic E-state index is 0.0734. The van der Waals surface area contributed by atoms with Gasteiger partial charge in [0.05, 0.1) is 6.20 Å². The Kier molecular flexibility index (Phi) is 3.93. The Labute approximate surface area is 104 Å². The van der Waals surface area contributed by atoms with Gasteiger partial charge in [-0.1, -0.05) is 18.2 Å². The van der Waals surface area contributed by atoms with Crippen LogP contribution in [0.25, 0.3) is 0 Å². The van der Waals surface area contributed by atoms with Crippen molar-refractivity contribution < 1.29 is 9.53 Å². The lowest BCUT2D eigenvalue weighted by Gasteiger charge is -2.09. The van der Waals surface area contributed by atoms with Gasteiger partial charge in [-0.05, 0) is 6.07 Å². The Morgan fingerprint density at radius 1 is 1.39 bits per heavy atom. The van der Waals surface area contributed by atoms with Gasteiger partial charge < -0.3 is 15.8 Å². The van der Waals surface area contributed by atoms with Gasteiger partial charge in [-0.2, -0.15) is 5.10 Å². The summed E-state index contributed by atoms with van der Waals surface area (Å²) in [5, 5.41) is 8.97. The molecule has 0 aliphatic heterocycles. The van der Waals surface area contributed by atoms with E-state index < -0.39 is 0 Å². The van der Waals surface area contributed by atoms with Crippen LogP contribution >= 0.6 is 0 Å². The van der Waals surface area contributed by atoms with Gasteiger partial charge >= 0.3 is 0 Å². The Morgan fingerprint density at radius 3 is 2.94 bits per heavy atom. The molecule has 2 rings (SSSR count). The number of H-pyrrole nitrogens is 1. The fourth-order valence-electron chi connectivity index (χ4n) is 1.47. The highest BCUT2D eigenvalue weighted by atomic mass is 16.5. The number of amides is 1. The first-order valence-corrected chi connectivity index (χ1v) is 5.49. The van der Waals surface area contributed by atoms with Crippen molar-refractivity contribution in [3.8, 4) is 5.75 Å². The molecule has 0 atom stereocenters. The highest BCUT2D eigenvalue weighted by Gasteiger charge is 2.06. The maximum atomic E-state index is 11.6. The van der Waals surface area contributed by atoms with E-state index in [0.717, 1.165) is 5.56 Å². The molecule has 0 bridgehead atoms. The molecule has 0 radical (unpaired) electrons. The van der Waals surface area contributed by atoms with Crippen LogP contribution in [0.2, 0.25) is 0 Å². The summed E-state index contributed by atoms with van der Waals surface area (Å²) in [6.45, 7) is 0.300. The number of hydrogen-bond donors (Lipinski definition) is 3. The van der Waals surface area contributed by atoms with Crippen molar-refractivity contribution in [2.45, 2.75) is 6.54 Å². The second-order valence-corrected chi connectivity index (χ2v) is 3.62. The molecule has 0 aliphatic carbocycles. The first kappa shape index (κ1) is 12.1. The van der Waals surface area contributed by atoms with Crippen LogP contribution < -0.4 is 15.8 Å². The van der Waals surface area contributed by atoms with Crippen molar-refractivity contribution in [3.63, 3.8) is 0 Å². The van der Waals surface area contributed by atoms with Crippen LogP contribution in [0.5, 0.6) is 5.75 Å².